The maximum absolute atomic E-state index is 11.0. The number of nitrogens with zero attached hydrogens (tertiary/aromatic N) is 2. The van der Waals surface area contributed by atoms with Gasteiger partial charge in [0.1, 0.15) is 6.26 Å². The Kier molecular flexibility index (Phi) is 4.45. The Morgan fingerprint density at radius 2 is 2.14 bits per heavy atom. The lowest BCUT2D eigenvalue weighted by atomic mass is 9.93. The number of likely N-dealkylation sites (tertiary alicyclic amines) is 1. The Hall–Kier alpha value is -1.85. The molecule has 2 heterocycles. The number of halogens is 1. The van der Waals surface area contributed by atoms with Gasteiger partial charge in [0.15, 0.2) is 0 Å². The molecule has 2 aromatic rings. The smallest absolute Gasteiger partial charge is 0.337 e. The van der Waals surface area contributed by atoms with Gasteiger partial charge in [-0.25, -0.2) is 4.79 Å². The van der Waals surface area contributed by atoms with Crippen LogP contribution in [0.5, 0.6) is 0 Å². The number of aromatic carboxylic acids is 1. The SMILES string of the molecule is O=C(O)c1ccc(CN2CCC(c3ccon3)CC2)cc1Cl. The molecule has 1 saturated heterocycles. The zero-order chi connectivity index (χ0) is 15.5. The van der Waals surface area contributed by atoms with Gasteiger partial charge in [-0.15, -0.1) is 0 Å². The summed E-state index contributed by atoms with van der Waals surface area (Å²) in [5, 5.41) is 13.3. The van der Waals surface area contributed by atoms with Crippen molar-refractivity contribution in [1.82, 2.24) is 10.1 Å². The van der Waals surface area contributed by atoms with E-state index >= 15 is 0 Å². The molecule has 1 aliphatic heterocycles. The fourth-order valence-corrected chi connectivity index (χ4v) is 3.19. The lowest BCUT2D eigenvalue weighted by Gasteiger charge is -2.31. The molecule has 6 heteroatoms. The highest BCUT2D eigenvalue weighted by Crippen LogP contribution is 2.28. The molecule has 1 aromatic heterocycles. The first-order chi connectivity index (χ1) is 10.6. The number of piperidine rings is 1. The molecular formula is C16H17ClN2O3. The largest absolute Gasteiger partial charge is 0.478 e. The molecule has 1 N–H and O–H groups in total. The van der Waals surface area contributed by atoms with Crippen LogP contribution in [0.2, 0.25) is 5.02 Å². The van der Waals surface area contributed by atoms with E-state index in [2.05, 4.69) is 10.1 Å². The van der Waals surface area contributed by atoms with Gasteiger partial charge in [0.05, 0.1) is 16.3 Å². The Bertz CT molecular complexity index is 649. The van der Waals surface area contributed by atoms with Crippen LogP contribution in [0.25, 0.3) is 0 Å². The number of carbonyl (C=O) groups is 1. The predicted molar refractivity (Wildman–Crippen MR) is 82.2 cm³/mol. The summed E-state index contributed by atoms with van der Waals surface area (Å²) < 4.78 is 4.91. The molecule has 0 saturated carbocycles. The topological polar surface area (TPSA) is 66.6 Å². The van der Waals surface area contributed by atoms with Crippen LogP contribution in [0.3, 0.4) is 0 Å². The van der Waals surface area contributed by atoms with Crippen LogP contribution in [-0.4, -0.2) is 34.2 Å². The standard InChI is InChI=1S/C16H17ClN2O3/c17-14-9-11(1-2-13(14)16(20)21)10-19-6-3-12(4-7-19)15-5-8-22-18-15/h1-2,5,8-9,12H,3-4,6-7,10H2,(H,20,21). The van der Waals surface area contributed by atoms with E-state index in [0.717, 1.165) is 43.7 Å². The molecule has 0 radical (unpaired) electrons. The number of carboxylic acids is 1. The van der Waals surface area contributed by atoms with Crippen LogP contribution in [0.4, 0.5) is 0 Å². The fourth-order valence-electron chi connectivity index (χ4n) is 2.91. The van der Waals surface area contributed by atoms with E-state index < -0.39 is 5.97 Å². The molecule has 0 bridgehead atoms. The first kappa shape index (κ1) is 15.1. The molecule has 1 fully saturated rings. The number of aromatic nitrogens is 1. The van der Waals surface area contributed by atoms with Crippen molar-refractivity contribution >= 4 is 17.6 Å². The first-order valence-electron chi connectivity index (χ1n) is 7.28. The minimum Gasteiger partial charge on any atom is -0.478 e. The third kappa shape index (κ3) is 3.31. The van der Waals surface area contributed by atoms with Gasteiger partial charge < -0.3 is 9.63 Å². The number of hydrogen-bond donors (Lipinski definition) is 1. The molecule has 1 aliphatic rings. The normalized spacial score (nSPS) is 16.8. The summed E-state index contributed by atoms with van der Waals surface area (Å²) in [6.45, 7) is 2.75. The van der Waals surface area contributed by atoms with Crippen molar-refractivity contribution in [2.75, 3.05) is 13.1 Å². The second-order valence-corrected chi connectivity index (χ2v) is 6.00. The highest BCUT2D eigenvalue weighted by Gasteiger charge is 2.22. The van der Waals surface area contributed by atoms with Gasteiger partial charge in [0.25, 0.3) is 0 Å². The molecule has 116 valence electrons. The van der Waals surface area contributed by atoms with Gasteiger partial charge in [-0.1, -0.05) is 22.8 Å². The van der Waals surface area contributed by atoms with Crippen molar-refractivity contribution in [2.45, 2.75) is 25.3 Å². The maximum atomic E-state index is 11.0. The maximum Gasteiger partial charge on any atom is 0.337 e. The van der Waals surface area contributed by atoms with Crippen LogP contribution in [0.1, 0.15) is 40.4 Å². The summed E-state index contributed by atoms with van der Waals surface area (Å²) >= 11 is 6.01. The monoisotopic (exact) mass is 320 g/mol. The van der Waals surface area contributed by atoms with Crippen LogP contribution in [-0.2, 0) is 6.54 Å². The zero-order valence-corrected chi connectivity index (χ0v) is 12.8. The van der Waals surface area contributed by atoms with Crippen molar-refractivity contribution < 1.29 is 14.4 Å². The van der Waals surface area contributed by atoms with Gasteiger partial charge in [-0.05, 0) is 43.6 Å². The third-order valence-corrected chi connectivity index (χ3v) is 4.45. The molecule has 0 amide bonds. The van der Waals surface area contributed by atoms with Crippen LogP contribution in [0, 0.1) is 0 Å². The lowest BCUT2D eigenvalue weighted by molar-refractivity contribution is 0.0697. The van der Waals surface area contributed by atoms with E-state index in [1.54, 1.807) is 18.4 Å². The molecule has 0 atom stereocenters. The Morgan fingerprint density at radius 3 is 2.73 bits per heavy atom. The summed E-state index contributed by atoms with van der Waals surface area (Å²) in [6, 6.07) is 7.08. The van der Waals surface area contributed by atoms with Crippen LogP contribution in [0.15, 0.2) is 35.1 Å². The molecule has 0 unspecified atom stereocenters. The van der Waals surface area contributed by atoms with Crippen molar-refractivity contribution in [3.63, 3.8) is 0 Å². The molecule has 1 aromatic carbocycles. The van der Waals surface area contributed by atoms with Crippen LogP contribution < -0.4 is 0 Å². The van der Waals surface area contributed by atoms with Gasteiger partial charge in [0.2, 0.25) is 0 Å². The summed E-state index contributed by atoms with van der Waals surface area (Å²) in [6.07, 6.45) is 3.72. The lowest BCUT2D eigenvalue weighted by Crippen LogP contribution is -2.32. The van der Waals surface area contributed by atoms with E-state index in [9.17, 15) is 4.79 Å². The van der Waals surface area contributed by atoms with Gasteiger partial charge in [-0.2, -0.15) is 0 Å². The molecule has 22 heavy (non-hydrogen) atoms. The van der Waals surface area contributed by atoms with Crippen molar-refractivity contribution in [3.05, 3.63) is 52.4 Å². The summed E-state index contributed by atoms with van der Waals surface area (Å²) in [5.74, 6) is -0.530. The number of rotatable bonds is 4. The van der Waals surface area contributed by atoms with Crippen molar-refractivity contribution in [2.24, 2.45) is 0 Å². The molecule has 0 spiro atoms. The Morgan fingerprint density at radius 1 is 1.36 bits per heavy atom. The number of hydrogen-bond acceptors (Lipinski definition) is 4. The van der Waals surface area contributed by atoms with E-state index in [0.29, 0.717) is 10.9 Å². The second-order valence-electron chi connectivity index (χ2n) is 5.59. The fraction of sp³-hybridized carbons (Fsp3) is 0.375. The molecular weight excluding hydrogens is 304 g/mol. The van der Waals surface area contributed by atoms with E-state index in [1.807, 2.05) is 12.1 Å². The summed E-state index contributed by atoms with van der Waals surface area (Å²) in [4.78, 5) is 13.3. The van der Waals surface area contributed by atoms with Gasteiger partial charge in [-0.3, -0.25) is 4.90 Å². The minimum absolute atomic E-state index is 0.148. The van der Waals surface area contributed by atoms with Gasteiger partial charge >= 0.3 is 5.97 Å². The van der Waals surface area contributed by atoms with E-state index in [1.165, 1.54) is 0 Å². The minimum atomic E-state index is -0.995. The van der Waals surface area contributed by atoms with Gasteiger partial charge in [0, 0.05) is 18.5 Å². The molecule has 3 rings (SSSR count). The molecule has 0 aliphatic carbocycles. The average Bonchev–Trinajstić information content (AvgIpc) is 3.02. The highest BCUT2D eigenvalue weighted by atomic mass is 35.5. The van der Waals surface area contributed by atoms with Crippen LogP contribution >= 0.6 is 11.6 Å². The Labute approximate surface area is 133 Å². The number of benzene rings is 1. The highest BCUT2D eigenvalue weighted by molar-refractivity contribution is 6.33. The van der Waals surface area contributed by atoms with E-state index in [-0.39, 0.29) is 5.56 Å². The van der Waals surface area contributed by atoms with E-state index in [4.69, 9.17) is 21.2 Å². The van der Waals surface area contributed by atoms with Crippen molar-refractivity contribution in [1.29, 1.82) is 0 Å². The number of carboxylic acid groups (broad SMARTS) is 1. The second kappa shape index (κ2) is 6.50. The van der Waals surface area contributed by atoms with Crippen molar-refractivity contribution in [3.8, 4) is 0 Å². The first-order valence-corrected chi connectivity index (χ1v) is 7.65. The summed E-state index contributed by atoms with van der Waals surface area (Å²) in [5.41, 5.74) is 2.22. The quantitative estimate of drug-likeness (QED) is 0.935. The predicted octanol–water partition coefficient (Wildman–Crippen LogP) is 3.41. The Balaban J connectivity index is 1.59. The molecule has 5 nitrogen and oxygen atoms in total. The zero-order valence-electron chi connectivity index (χ0n) is 12.0. The summed E-state index contributed by atoms with van der Waals surface area (Å²) in [7, 11) is 0. The third-order valence-electron chi connectivity index (χ3n) is 4.13. The average molecular weight is 321 g/mol.